The van der Waals surface area contributed by atoms with Crippen molar-refractivity contribution in [3.8, 4) is 0 Å². The molecule has 0 aliphatic rings. The van der Waals surface area contributed by atoms with Gasteiger partial charge in [-0.05, 0) is 24.9 Å². The van der Waals surface area contributed by atoms with Gasteiger partial charge in [-0.1, -0.05) is 13.3 Å². The number of halogens is 3. The van der Waals surface area contributed by atoms with Crippen molar-refractivity contribution in [2.75, 3.05) is 18.4 Å². The van der Waals surface area contributed by atoms with Crippen molar-refractivity contribution in [1.29, 1.82) is 0 Å². The molecule has 0 aliphatic heterocycles. The smallest absolute Gasteiger partial charge is 0.354 e. The Kier molecular flexibility index (Phi) is 5.33. The van der Waals surface area contributed by atoms with Gasteiger partial charge in [-0.2, -0.15) is 13.2 Å². The van der Waals surface area contributed by atoms with Crippen LogP contribution in [0.4, 0.5) is 19.1 Å². The van der Waals surface area contributed by atoms with Crippen LogP contribution in [-0.4, -0.2) is 23.1 Å². The van der Waals surface area contributed by atoms with Crippen LogP contribution in [0.25, 0.3) is 0 Å². The maximum atomic E-state index is 12.4. The van der Waals surface area contributed by atoms with E-state index >= 15 is 0 Å². The lowest BCUT2D eigenvalue weighted by atomic mass is 10.0. The topological polar surface area (TPSA) is 63.8 Å². The molecule has 1 unspecified atom stereocenters. The maximum absolute atomic E-state index is 12.4. The van der Waals surface area contributed by atoms with Crippen LogP contribution in [0, 0.1) is 5.92 Å². The van der Waals surface area contributed by atoms with Crippen molar-refractivity contribution in [3.05, 3.63) is 18.0 Å². The molecular formula is C11H17F3N4. The van der Waals surface area contributed by atoms with Crippen LogP contribution in [0.1, 0.15) is 25.5 Å². The highest BCUT2D eigenvalue weighted by Gasteiger charge is 2.32. The van der Waals surface area contributed by atoms with Gasteiger partial charge in [0.05, 0.1) is 0 Å². The number of nitrogens with zero attached hydrogens (tertiary/aromatic N) is 2. The van der Waals surface area contributed by atoms with E-state index < -0.39 is 11.9 Å². The van der Waals surface area contributed by atoms with E-state index in [1.54, 1.807) is 0 Å². The molecule has 4 nitrogen and oxygen atoms in total. The maximum Gasteiger partial charge on any atom is 0.433 e. The highest BCUT2D eigenvalue weighted by Crippen LogP contribution is 2.27. The molecule has 0 saturated heterocycles. The van der Waals surface area contributed by atoms with Gasteiger partial charge in [0.1, 0.15) is 5.69 Å². The van der Waals surface area contributed by atoms with E-state index in [1.807, 2.05) is 6.92 Å². The second kappa shape index (κ2) is 6.53. The number of aromatic nitrogens is 2. The quantitative estimate of drug-likeness (QED) is 0.825. The molecule has 18 heavy (non-hydrogen) atoms. The van der Waals surface area contributed by atoms with Gasteiger partial charge in [0, 0.05) is 12.7 Å². The third-order valence-corrected chi connectivity index (χ3v) is 2.65. The highest BCUT2D eigenvalue weighted by molar-refractivity contribution is 5.26. The van der Waals surface area contributed by atoms with Gasteiger partial charge in [0.2, 0.25) is 5.95 Å². The number of nitrogens with one attached hydrogen (secondary N) is 1. The molecule has 0 bridgehead atoms. The fraction of sp³-hybridized carbons (Fsp3) is 0.636. The Labute approximate surface area is 104 Å². The number of nitrogens with two attached hydrogens (primary N) is 1. The van der Waals surface area contributed by atoms with Crippen molar-refractivity contribution in [1.82, 2.24) is 9.97 Å². The number of anilines is 1. The van der Waals surface area contributed by atoms with Crippen LogP contribution in [0.5, 0.6) is 0 Å². The SMILES string of the molecule is CCC(CCN)CNc1nccc(C(F)(F)F)n1. The van der Waals surface area contributed by atoms with Crippen LogP contribution in [-0.2, 0) is 6.18 Å². The summed E-state index contributed by atoms with van der Waals surface area (Å²) in [5.41, 5.74) is 4.51. The van der Waals surface area contributed by atoms with E-state index in [1.165, 1.54) is 0 Å². The molecule has 0 radical (unpaired) electrons. The van der Waals surface area contributed by atoms with Crippen LogP contribution in [0.15, 0.2) is 12.3 Å². The second-order valence-corrected chi connectivity index (χ2v) is 4.00. The first-order valence-corrected chi connectivity index (χ1v) is 5.81. The standard InChI is InChI=1S/C11H17F3N4/c1-2-8(3-5-15)7-17-10-16-6-4-9(18-10)11(12,13)14/h4,6,8H,2-3,5,7,15H2,1H3,(H,16,17,18). The van der Waals surface area contributed by atoms with E-state index in [2.05, 4.69) is 15.3 Å². The molecule has 0 aliphatic carbocycles. The van der Waals surface area contributed by atoms with E-state index in [9.17, 15) is 13.2 Å². The Bertz CT molecular complexity index is 368. The van der Waals surface area contributed by atoms with E-state index in [0.29, 0.717) is 19.0 Å². The predicted molar refractivity (Wildman–Crippen MR) is 63.0 cm³/mol. The summed E-state index contributed by atoms with van der Waals surface area (Å²) in [4.78, 5) is 7.20. The number of hydrogen-bond acceptors (Lipinski definition) is 4. The highest BCUT2D eigenvalue weighted by atomic mass is 19.4. The van der Waals surface area contributed by atoms with Crippen LogP contribution in [0.3, 0.4) is 0 Å². The normalized spacial score (nSPS) is 13.4. The molecule has 0 fully saturated rings. The average Bonchev–Trinajstić information content (AvgIpc) is 2.34. The second-order valence-electron chi connectivity index (χ2n) is 4.00. The summed E-state index contributed by atoms with van der Waals surface area (Å²) in [6.07, 6.45) is -1.62. The minimum Gasteiger partial charge on any atom is -0.354 e. The predicted octanol–water partition coefficient (Wildman–Crippen LogP) is 2.28. The van der Waals surface area contributed by atoms with Crippen molar-refractivity contribution >= 4 is 5.95 Å². The lowest BCUT2D eigenvalue weighted by Gasteiger charge is -2.15. The Morgan fingerprint density at radius 2 is 2.17 bits per heavy atom. The van der Waals surface area contributed by atoms with E-state index in [4.69, 9.17) is 5.73 Å². The summed E-state index contributed by atoms with van der Waals surface area (Å²) in [5.74, 6) is 0.313. The molecule has 1 atom stereocenters. The molecule has 7 heteroatoms. The number of rotatable bonds is 6. The van der Waals surface area contributed by atoms with Gasteiger partial charge in [-0.25, -0.2) is 9.97 Å². The lowest BCUT2D eigenvalue weighted by Crippen LogP contribution is -2.19. The van der Waals surface area contributed by atoms with Gasteiger partial charge >= 0.3 is 6.18 Å². The zero-order valence-corrected chi connectivity index (χ0v) is 10.2. The first kappa shape index (κ1) is 14.7. The molecule has 1 aromatic heterocycles. The molecular weight excluding hydrogens is 245 g/mol. The largest absolute Gasteiger partial charge is 0.433 e. The number of hydrogen-bond donors (Lipinski definition) is 2. The molecule has 102 valence electrons. The fourth-order valence-corrected chi connectivity index (χ4v) is 1.52. The first-order valence-electron chi connectivity index (χ1n) is 5.81. The first-order chi connectivity index (χ1) is 8.47. The minimum atomic E-state index is -4.44. The van der Waals surface area contributed by atoms with Crippen molar-refractivity contribution < 1.29 is 13.2 Å². The van der Waals surface area contributed by atoms with Crippen LogP contribution < -0.4 is 11.1 Å². The van der Waals surface area contributed by atoms with Gasteiger partial charge in [-0.3, -0.25) is 0 Å². The summed E-state index contributed by atoms with van der Waals surface area (Å²) in [7, 11) is 0. The summed E-state index contributed by atoms with van der Waals surface area (Å²) in [6, 6.07) is 0.850. The summed E-state index contributed by atoms with van der Waals surface area (Å²) >= 11 is 0. The molecule has 1 rings (SSSR count). The van der Waals surface area contributed by atoms with Crippen LogP contribution in [0.2, 0.25) is 0 Å². The number of alkyl halides is 3. The molecule has 0 spiro atoms. The zero-order valence-electron chi connectivity index (χ0n) is 10.2. The molecule has 0 amide bonds. The summed E-state index contributed by atoms with van der Waals surface area (Å²) in [5, 5.41) is 2.82. The molecule has 3 N–H and O–H groups in total. The average molecular weight is 262 g/mol. The Balaban J connectivity index is 2.62. The summed E-state index contributed by atoms with van der Waals surface area (Å²) < 4.78 is 37.3. The fourth-order valence-electron chi connectivity index (χ4n) is 1.52. The van der Waals surface area contributed by atoms with Crippen molar-refractivity contribution in [2.24, 2.45) is 11.7 Å². The van der Waals surface area contributed by atoms with Crippen molar-refractivity contribution in [2.45, 2.75) is 25.9 Å². The monoisotopic (exact) mass is 262 g/mol. The van der Waals surface area contributed by atoms with E-state index in [-0.39, 0.29) is 5.95 Å². The third kappa shape index (κ3) is 4.48. The molecule has 1 heterocycles. The van der Waals surface area contributed by atoms with E-state index in [0.717, 1.165) is 25.1 Å². The van der Waals surface area contributed by atoms with Gasteiger partial charge in [-0.15, -0.1) is 0 Å². The molecule has 1 aromatic rings. The molecule has 0 aromatic carbocycles. The van der Waals surface area contributed by atoms with Crippen molar-refractivity contribution in [3.63, 3.8) is 0 Å². The van der Waals surface area contributed by atoms with Gasteiger partial charge in [0.25, 0.3) is 0 Å². The van der Waals surface area contributed by atoms with Gasteiger partial charge in [0.15, 0.2) is 0 Å². The lowest BCUT2D eigenvalue weighted by molar-refractivity contribution is -0.141. The van der Waals surface area contributed by atoms with Crippen LogP contribution >= 0.6 is 0 Å². The minimum absolute atomic E-state index is 0.000274. The Morgan fingerprint density at radius 1 is 1.44 bits per heavy atom. The third-order valence-electron chi connectivity index (χ3n) is 2.65. The Morgan fingerprint density at radius 3 is 2.72 bits per heavy atom. The zero-order chi connectivity index (χ0) is 13.6. The Hall–Kier alpha value is -1.37. The summed E-state index contributed by atoms with van der Waals surface area (Å²) in [6.45, 7) is 3.09. The van der Waals surface area contributed by atoms with Gasteiger partial charge < -0.3 is 11.1 Å². The molecule has 0 saturated carbocycles.